The van der Waals surface area contributed by atoms with E-state index < -0.39 is 73.9 Å². The molecule has 0 radical (unpaired) electrons. The highest BCUT2D eigenvalue weighted by Gasteiger charge is 2.50. The molecule has 0 aromatic carbocycles. The van der Waals surface area contributed by atoms with Crippen LogP contribution in [0.1, 0.15) is 13.8 Å². The number of hydrogen-bond acceptors (Lipinski definition) is 10. The van der Waals surface area contributed by atoms with Crippen LogP contribution >= 0.6 is 0 Å². The minimum atomic E-state index is -1.62. The van der Waals surface area contributed by atoms with E-state index in [1.165, 1.54) is 13.8 Å². The van der Waals surface area contributed by atoms with Crippen LogP contribution in [0.3, 0.4) is 0 Å². The fourth-order valence-corrected chi connectivity index (χ4v) is 2.92. The first-order chi connectivity index (χ1) is 11.7. The lowest BCUT2D eigenvalue weighted by Crippen LogP contribution is -2.66. The Labute approximate surface area is 143 Å². The standard InChI is InChI=1S/C14H25NO10/c1-4-8(18)10(20)11(21)14(23-4)25-12-6(3-16)24-13(22)7(9(12)19)15-5(2)17/h4,6-14,16,18-22H,3H2,1-2H3,(H,15,17)/t4?,6?,7-,8+,9+,10-,11-,12+,13+,14-/m0/s1. The van der Waals surface area contributed by atoms with Gasteiger partial charge in [0.15, 0.2) is 12.6 Å². The van der Waals surface area contributed by atoms with Crippen LogP contribution in [0.2, 0.25) is 0 Å². The molecule has 11 nitrogen and oxygen atoms in total. The summed E-state index contributed by atoms with van der Waals surface area (Å²) in [5.74, 6) is -0.533. The summed E-state index contributed by atoms with van der Waals surface area (Å²) >= 11 is 0. The number of amides is 1. The Kier molecular flexibility index (Phi) is 6.70. The maximum absolute atomic E-state index is 11.2. The summed E-state index contributed by atoms with van der Waals surface area (Å²) in [5.41, 5.74) is 0. The maximum atomic E-state index is 11.2. The third-order valence-corrected chi connectivity index (χ3v) is 4.34. The Balaban J connectivity index is 2.15. The van der Waals surface area contributed by atoms with E-state index in [9.17, 15) is 35.4 Å². The van der Waals surface area contributed by atoms with Crippen molar-refractivity contribution in [3.63, 3.8) is 0 Å². The Morgan fingerprint density at radius 2 is 1.68 bits per heavy atom. The summed E-state index contributed by atoms with van der Waals surface area (Å²) in [5, 5.41) is 61.5. The van der Waals surface area contributed by atoms with Crippen molar-refractivity contribution in [2.24, 2.45) is 0 Å². The van der Waals surface area contributed by atoms with E-state index in [2.05, 4.69) is 5.32 Å². The third-order valence-electron chi connectivity index (χ3n) is 4.34. The molecule has 1 amide bonds. The normalized spacial score (nSPS) is 48.2. The van der Waals surface area contributed by atoms with E-state index >= 15 is 0 Å². The number of nitrogens with one attached hydrogen (secondary N) is 1. The van der Waals surface area contributed by atoms with Gasteiger partial charge in [0.25, 0.3) is 0 Å². The van der Waals surface area contributed by atoms with Gasteiger partial charge in [-0.15, -0.1) is 0 Å². The molecule has 0 aromatic rings. The van der Waals surface area contributed by atoms with Gasteiger partial charge in [-0.05, 0) is 6.92 Å². The molecule has 11 heteroatoms. The fraction of sp³-hybridized carbons (Fsp3) is 0.929. The Hall–Kier alpha value is -0.890. The van der Waals surface area contributed by atoms with Crippen LogP contribution < -0.4 is 5.32 Å². The first kappa shape index (κ1) is 20.4. The van der Waals surface area contributed by atoms with Gasteiger partial charge in [0.2, 0.25) is 5.91 Å². The summed E-state index contributed by atoms with van der Waals surface area (Å²) in [6.45, 7) is 2.01. The van der Waals surface area contributed by atoms with Crippen LogP contribution in [0.15, 0.2) is 0 Å². The molecule has 0 bridgehead atoms. The van der Waals surface area contributed by atoms with Gasteiger partial charge in [0.1, 0.15) is 42.7 Å². The van der Waals surface area contributed by atoms with Gasteiger partial charge in [0, 0.05) is 6.92 Å². The molecule has 0 saturated carbocycles. The van der Waals surface area contributed by atoms with Crippen molar-refractivity contribution in [2.75, 3.05) is 6.61 Å². The Bertz CT molecular complexity index is 465. The lowest BCUT2D eigenvalue weighted by Gasteiger charge is -2.46. The van der Waals surface area contributed by atoms with Crippen molar-refractivity contribution in [2.45, 2.75) is 75.2 Å². The van der Waals surface area contributed by atoms with E-state index in [-0.39, 0.29) is 0 Å². The lowest BCUT2D eigenvalue weighted by molar-refractivity contribution is -0.341. The van der Waals surface area contributed by atoms with E-state index in [0.717, 1.165) is 0 Å². The second-order valence-corrected chi connectivity index (χ2v) is 6.25. The fourth-order valence-electron chi connectivity index (χ4n) is 2.92. The van der Waals surface area contributed by atoms with Crippen LogP contribution in [0.5, 0.6) is 0 Å². The monoisotopic (exact) mass is 367 g/mol. The van der Waals surface area contributed by atoms with E-state index in [0.29, 0.717) is 0 Å². The van der Waals surface area contributed by atoms with Crippen molar-refractivity contribution in [1.82, 2.24) is 5.32 Å². The molecule has 25 heavy (non-hydrogen) atoms. The molecule has 2 saturated heterocycles. The molecule has 2 aliphatic rings. The first-order valence-corrected chi connectivity index (χ1v) is 7.92. The van der Waals surface area contributed by atoms with Crippen molar-refractivity contribution in [3.8, 4) is 0 Å². The van der Waals surface area contributed by atoms with Gasteiger partial charge in [-0.1, -0.05) is 0 Å². The quantitative estimate of drug-likeness (QED) is 0.257. The third kappa shape index (κ3) is 4.27. The number of rotatable bonds is 4. The zero-order valence-corrected chi connectivity index (χ0v) is 13.8. The predicted molar refractivity (Wildman–Crippen MR) is 78.8 cm³/mol. The second kappa shape index (κ2) is 8.20. The largest absolute Gasteiger partial charge is 0.394 e. The minimum Gasteiger partial charge on any atom is -0.394 e. The number of aliphatic hydroxyl groups is 6. The van der Waals surface area contributed by atoms with Gasteiger partial charge in [-0.2, -0.15) is 0 Å². The Morgan fingerprint density at radius 1 is 1.04 bits per heavy atom. The van der Waals surface area contributed by atoms with Crippen molar-refractivity contribution < 1.29 is 49.6 Å². The topological polar surface area (TPSA) is 178 Å². The van der Waals surface area contributed by atoms with Crippen LogP contribution in [0, 0.1) is 0 Å². The molecule has 7 N–H and O–H groups in total. The zero-order chi connectivity index (χ0) is 18.9. The Morgan fingerprint density at radius 3 is 2.24 bits per heavy atom. The van der Waals surface area contributed by atoms with Crippen LogP contribution in [0.25, 0.3) is 0 Å². The predicted octanol–water partition coefficient (Wildman–Crippen LogP) is -4.23. The average molecular weight is 367 g/mol. The highest BCUT2D eigenvalue weighted by atomic mass is 16.7. The number of carbonyl (C=O) groups is 1. The van der Waals surface area contributed by atoms with Crippen molar-refractivity contribution in [3.05, 3.63) is 0 Å². The van der Waals surface area contributed by atoms with E-state index in [4.69, 9.17) is 14.2 Å². The van der Waals surface area contributed by atoms with Gasteiger partial charge in [0.05, 0.1) is 12.7 Å². The first-order valence-electron chi connectivity index (χ1n) is 7.92. The van der Waals surface area contributed by atoms with E-state index in [1.807, 2.05) is 0 Å². The molecule has 2 heterocycles. The van der Waals surface area contributed by atoms with E-state index in [1.54, 1.807) is 0 Å². The van der Waals surface area contributed by atoms with Crippen LogP contribution in [0.4, 0.5) is 0 Å². The van der Waals surface area contributed by atoms with Gasteiger partial charge in [-0.3, -0.25) is 4.79 Å². The molecule has 2 rings (SSSR count). The molecule has 0 aromatic heterocycles. The maximum Gasteiger partial charge on any atom is 0.217 e. The SMILES string of the molecule is CC(=O)N[C@H]1[C@@H](O)[C@H](O[C@@H]2OC(C)[C@@H](O)[C@H](O)[C@@H]2O)C(CO)O[C@H]1O. The summed E-state index contributed by atoms with van der Waals surface area (Å²) in [6, 6.07) is -1.24. The molecule has 0 aliphatic carbocycles. The number of ether oxygens (including phenoxy) is 3. The van der Waals surface area contributed by atoms with Gasteiger partial charge in [-0.25, -0.2) is 0 Å². The molecular weight excluding hydrogens is 342 g/mol. The molecule has 146 valence electrons. The van der Waals surface area contributed by atoms with Gasteiger partial charge < -0.3 is 50.2 Å². The average Bonchev–Trinajstić information content (AvgIpc) is 2.56. The zero-order valence-electron chi connectivity index (χ0n) is 13.8. The lowest BCUT2D eigenvalue weighted by atomic mass is 9.95. The van der Waals surface area contributed by atoms with Gasteiger partial charge >= 0.3 is 0 Å². The van der Waals surface area contributed by atoms with Crippen molar-refractivity contribution >= 4 is 5.91 Å². The highest BCUT2D eigenvalue weighted by molar-refractivity contribution is 5.73. The summed E-state index contributed by atoms with van der Waals surface area (Å²) in [6.07, 6.45) is -12.3. The molecule has 2 aliphatic heterocycles. The van der Waals surface area contributed by atoms with Crippen molar-refractivity contribution in [1.29, 1.82) is 0 Å². The molecule has 2 fully saturated rings. The smallest absolute Gasteiger partial charge is 0.217 e. The van der Waals surface area contributed by atoms with Crippen LogP contribution in [-0.4, -0.2) is 105 Å². The molecule has 0 spiro atoms. The highest BCUT2D eigenvalue weighted by Crippen LogP contribution is 2.28. The number of aliphatic hydroxyl groups excluding tert-OH is 6. The molecular formula is C14H25NO10. The number of hydrogen-bond donors (Lipinski definition) is 7. The molecule has 10 atom stereocenters. The summed E-state index contributed by atoms with van der Waals surface area (Å²) in [4.78, 5) is 11.2. The minimum absolute atomic E-state index is 0.533. The summed E-state index contributed by atoms with van der Waals surface area (Å²) in [7, 11) is 0. The second-order valence-electron chi connectivity index (χ2n) is 6.25. The summed E-state index contributed by atoms with van der Waals surface area (Å²) < 4.78 is 15.9. The van der Waals surface area contributed by atoms with Crippen LogP contribution in [-0.2, 0) is 19.0 Å². The molecule has 2 unspecified atom stereocenters. The number of carbonyl (C=O) groups excluding carboxylic acids is 1.